The van der Waals surface area contributed by atoms with Crippen molar-refractivity contribution in [3.8, 4) is 0 Å². The number of methoxy groups -OCH3 is 1. The van der Waals surface area contributed by atoms with Crippen LogP contribution in [0.1, 0.15) is 15.9 Å². The molecule has 0 aliphatic rings. The van der Waals surface area contributed by atoms with E-state index >= 15 is 0 Å². The van der Waals surface area contributed by atoms with Crippen LogP contribution in [0.15, 0.2) is 56.9 Å². The second-order valence-corrected chi connectivity index (χ2v) is 8.55. The number of aromatic nitrogens is 2. The van der Waals surface area contributed by atoms with Gasteiger partial charge in [-0.15, -0.1) is 0 Å². The van der Waals surface area contributed by atoms with E-state index in [0.717, 1.165) is 10.0 Å². The SMILES string of the molecule is COCCn1c(SCc2cccc(C(=O)N(C)C)c2)nc2ccc(Br)cc2c1=O. The van der Waals surface area contributed by atoms with Crippen LogP contribution in [-0.4, -0.2) is 48.2 Å². The van der Waals surface area contributed by atoms with Gasteiger partial charge in [-0.05, 0) is 35.9 Å². The molecule has 0 radical (unpaired) electrons. The largest absolute Gasteiger partial charge is 0.383 e. The molecular weight excluding hydrogens is 454 g/mol. The van der Waals surface area contributed by atoms with Gasteiger partial charge in [-0.1, -0.05) is 39.8 Å². The molecule has 0 atom stereocenters. The fraction of sp³-hybridized carbons (Fsp3) is 0.286. The van der Waals surface area contributed by atoms with E-state index in [1.54, 1.807) is 42.8 Å². The first-order valence-corrected chi connectivity index (χ1v) is 10.8. The molecule has 2 aromatic carbocycles. The highest BCUT2D eigenvalue weighted by atomic mass is 79.9. The van der Waals surface area contributed by atoms with E-state index in [0.29, 0.717) is 40.5 Å². The van der Waals surface area contributed by atoms with Crippen LogP contribution < -0.4 is 5.56 Å². The molecule has 0 fully saturated rings. The first-order chi connectivity index (χ1) is 13.9. The maximum absolute atomic E-state index is 13.0. The Hall–Kier alpha value is -2.16. The maximum Gasteiger partial charge on any atom is 0.262 e. The molecule has 29 heavy (non-hydrogen) atoms. The summed E-state index contributed by atoms with van der Waals surface area (Å²) in [6.07, 6.45) is 0. The van der Waals surface area contributed by atoms with Crippen LogP contribution in [0.3, 0.4) is 0 Å². The number of fused-ring (bicyclic) bond motifs is 1. The molecule has 0 spiro atoms. The van der Waals surface area contributed by atoms with Crippen LogP contribution >= 0.6 is 27.7 Å². The van der Waals surface area contributed by atoms with Crippen LogP contribution in [0.5, 0.6) is 0 Å². The molecule has 152 valence electrons. The molecule has 0 bridgehead atoms. The van der Waals surface area contributed by atoms with Crippen molar-refractivity contribution in [2.45, 2.75) is 17.5 Å². The molecule has 8 heteroatoms. The van der Waals surface area contributed by atoms with Gasteiger partial charge in [0.1, 0.15) is 0 Å². The molecule has 1 heterocycles. The van der Waals surface area contributed by atoms with Crippen molar-refractivity contribution in [3.05, 3.63) is 68.4 Å². The number of nitrogens with zero attached hydrogens (tertiary/aromatic N) is 3. The third-order valence-electron chi connectivity index (χ3n) is 4.35. The Morgan fingerprint density at radius 1 is 1.24 bits per heavy atom. The minimum atomic E-state index is -0.0904. The zero-order valence-electron chi connectivity index (χ0n) is 16.5. The zero-order chi connectivity index (χ0) is 21.0. The summed E-state index contributed by atoms with van der Waals surface area (Å²) in [5.74, 6) is 0.555. The summed E-state index contributed by atoms with van der Waals surface area (Å²) in [7, 11) is 5.07. The zero-order valence-corrected chi connectivity index (χ0v) is 18.9. The van der Waals surface area contributed by atoms with Gasteiger partial charge in [0, 0.05) is 37.0 Å². The van der Waals surface area contributed by atoms with Gasteiger partial charge in [-0.3, -0.25) is 14.2 Å². The van der Waals surface area contributed by atoms with Crippen LogP contribution in [0.2, 0.25) is 0 Å². The lowest BCUT2D eigenvalue weighted by Gasteiger charge is -2.14. The molecule has 0 unspecified atom stereocenters. The molecular formula is C21H22BrN3O3S. The van der Waals surface area contributed by atoms with Gasteiger partial charge in [0.15, 0.2) is 5.16 Å². The lowest BCUT2D eigenvalue weighted by atomic mass is 10.1. The van der Waals surface area contributed by atoms with E-state index in [1.807, 2.05) is 30.3 Å². The van der Waals surface area contributed by atoms with Gasteiger partial charge in [-0.2, -0.15) is 0 Å². The highest BCUT2D eigenvalue weighted by Gasteiger charge is 2.13. The Bertz CT molecular complexity index is 1100. The minimum Gasteiger partial charge on any atom is -0.383 e. The summed E-state index contributed by atoms with van der Waals surface area (Å²) in [6, 6.07) is 13.0. The molecule has 1 aromatic heterocycles. The lowest BCUT2D eigenvalue weighted by Crippen LogP contribution is -2.25. The summed E-state index contributed by atoms with van der Waals surface area (Å²) < 4.78 is 7.66. The number of ether oxygens (including phenoxy) is 1. The Morgan fingerprint density at radius 2 is 2.03 bits per heavy atom. The molecule has 3 rings (SSSR count). The molecule has 0 saturated heterocycles. The number of hydrogen-bond donors (Lipinski definition) is 0. The van der Waals surface area contributed by atoms with Crippen LogP contribution in [0.25, 0.3) is 10.9 Å². The van der Waals surface area contributed by atoms with Crippen LogP contribution in [0.4, 0.5) is 0 Å². The van der Waals surface area contributed by atoms with Gasteiger partial charge in [-0.25, -0.2) is 4.98 Å². The Morgan fingerprint density at radius 3 is 2.76 bits per heavy atom. The number of thioether (sulfide) groups is 1. The van der Waals surface area contributed by atoms with Crippen molar-refractivity contribution >= 4 is 44.5 Å². The molecule has 1 amide bonds. The molecule has 6 nitrogen and oxygen atoms in total. The number of carbonyl (C=O) groups excluding carboxylic acids is 1. The first-order valence-electron chi connectivity index (χ1n) is 9.03. The number of carbonyl (C=O) groups is 1. The van der Waals surface area contributed by atoms with Crippen molar-refractivity contribution in [3.63, 3.8) is 0 Å². The molecule has 3 aromatic rings. The van der Waals surface area contributed by atoms with Crippen molar-refractivity contribution in [1.82, 2.24) is 14.5 Å². The normalized spacial score (nSPS) is 11.0. The van der Waals surface area contributed by atoms with Gasteiger partial charge >= 0.3 is 0 Å². The minimum absolute atomic E-state index is 0.0386. The Kier molecular flexibility index (Phi) is 7.10. The fourth-order valence-electron chi connectivity index (χ4n) is 2.86. The molecule has 0 saturated carbocycles. The fourth-order valence-corrected chi connectivity index (χ4v) is 4.19. The highest BCUT2D eigenvalue weighted by molar-refractivity contribution is 9.10. The summed E-state index contributed by atoms with van der Waals surface area (Å²) in [5.41, 5.74) is 2.20. The predicted molar refractivity (Wildman–Crippen MR) is 120 cm³/mol. The number of halogens is 1. The van der Waals surface area contributed by atoms with Gasteiger partial charge < -0.3 is 9.64 Å². The van der Waals surface area contributed by atoms with E-state index in [2.05, 4.69) is 15.9 Å². The van der Waals surface area contributed by atoms with Crippen molar-refractivity contribution < 1.29 is 9.53 Å². The van der Waals surface area contributed by atoms with E-state index in [9.17, 15) is 9.59 Å². The summed E-state index contributed by atoms with van der Waals surface area (Å²) in [4.78, 5) is 31.5. The average molecular weight is 476 g/mol. The Balaban J connectivity index is 1.93. The van der Waals surface area contributed by atoms with E-state index < -0.39 is 0 Å². The molecule has 0 aliphatic heterocycles. The number of amides is 1. The molecule has 0 N–H and O–H groups in total. The van der Waals surface area contributed by atoms with E-state index in [1.165, 1.54) is 11.8 Å². The van der Waals surface area contributed by atoms with Crippen molar-refractivity contribution in [2.75, 3.05) is 27.8 Å². The monoisotopic (exact) mass is 475 g/mol. The van der Waals surface area contributed by atoms with E-state index in [-0.39, 0.29) is 11.5 Å². The van der Waals surface area contributed by atoms with Crippen molar-refractivity contribution in [2.24, 2.45) is 0 Å². The van der Waals surface area contributed by atoms with Gasteiger partial charge in [0.05, 0.1) is 24.1 Å². The maximum atomic E-state index is 13.0. The third kappa shape index (κ3) is 5.07. The van der Waals surface area contributed by atoms with Gasteiger partial charge in [0.2, 0.25) is 0 Å². The standard InChI is InChI=1S/C21H22BrN3O3S/c1-24(2)19(26)15-6-4-5-14(11-15)13-29-21-23-18-8-7-16(22)12-17(18)20(27)25(21)9-10-28-3/h4-8,11-12H,9-10,13H2,1-3H3. The highest BCUT2D eigenvalue weighted by Crippen LogP contribution is 2.24. The van der Waals surface area contributed by atoms with Crippen LogP contribution in [0, 0.1) is 0 Å². The number of rotatable bonds is 7. The first kappa shape index (κ1) is 21.5. The van der Waals surface area contributed by atoms with Crippen molar-refractivity contribution in [1.29, 1.82) is 0 Å². The summed E-state index contributed by atoms with van der Waals surface area (Å²) in [6.45, 7) is 0.841. The predicted octanol–water partition coefficient (Wildman–Crippen LogP) is 3.80. The Labute approximate surface area is 182 Å². The van der Waals surface area contributed by atoms with Crippen LogP contribution in [-0.2, 0) is 17.0 Å². The second-order valence-electron chi connectivity index (χ2n) is 6.69. The summed E-state index contributed by atoms with van der Waals surface area (Å²) >= 11 is 4.89. The second kappa shape index (κ2) is 9.56. The van der Waals surface area contributed by atoms with E-state index in [4.69, 9.17) is 9.72 Å². The topological polar surface area (TPSA) is 64.4 Å². The quantitative estimate of drug-likeness (QED) is 0.384. The number of hydrogen-bond acceptors (Lipinski definition) is 5. The smallest absolute Gasteiger partial charge is 0.262 e. The molecule has 0 aliphatic carbocycles. The third-order valence-corrected chi connectivity index (χ3v) is 5.89. The average Bonchev–Trinajstić information content (AvgIpc) is 2.71. The summed E-state index contributed by atoms with van der Waals surface area (Å²) in [5, 5.41) is 1.20. The lowest BCUT2D eigenvalue weighted by molar-refractivity contribution is 0.0827. The number of benzene rings is 2. The van der Waals surface area contributed by atoms with Gasteiger partial charge in [0.25, 0.3) is 11.5 Å².